The van der Waals surface area contributed by atoms with E-state index < -0.39 is 39.9 Å². The minimum absolute atomic E-state index is 0.0228. The maximum Gasteiger partial charge on any atom is 0.323 e. The highest BCUT2D eigenvalue weighted by Crippen LogP contribution is 2.29. The molecule has 0 aliphatic carbocycles. The molecule has 0 aromatic heterocycles. The number of sulfonamides is 1. The zero-order valence-corrected chi connectivity index (χ0v) is 29.6. The molecule has 266 valence electrons. The maximum absolute atomic E-state index is 14.3. The highest BCUT2D eigenvalue weighted by molar-refractivity contribution is 7.89. The molecule has 14 heteroatoms. The largest absolute Gasteiger partial charge is 0.490 e. The van der Waals surface area contributed by atoms with E-state index in [1.54, 1.807) is 19.1 Å². The number of benzene rings is 3. The van der Waals surface area contributed by atoms with Gasteiger partial charge in [-0.15, -0.1) is 0 Å². The molecule has 3 amide bonds. The molecule has 0 spiro atoms. The summed E-state index contributed by atoms with van der Waals surface area (Å²) in [5.74, 6) is -0.928. The lowest BCUT2D eigenvalue weighted by atomic mass is 10.0. The van der Waals surface area contributed by atoms with Gasteiger partial charge in [-0.2, -0.15) is 4.31 Å². The topological polar surface area (TPSA) is 138 Å². The number of nitrogens with zero attached hydrogens (tertiary/aromatic N) is 2. The van der Waals surface area contributed by atoms with Crippen LogP contribution in [0.5, 0.6) is 5.75 Å². The van der Waals surface area contributed by atoms with Crippen LogP contribution in [0.4, 0.5) is 20.6 Å². The number of aliphatic hydroxyl groups is 1. The third-order valence-electron chi connectivity index (χ3n) is 8.37. The van der Waals surface area contributed by atoms with Crippen molar-refractivity contribution in [3.8, 4) is 5.75 Å². The van der Waals surface area contributed by atoms with Gasteiger partial charge in [-0.05, 0) is 99.8 Å². The molecule has 0 unspecified atom stereocenters. The van der Waals surface area contributed by atoms with E-state index in [9.17, 15) is 27.5 Å². The van der Waals surface area contributed by atoms with E-state index >= 15 is 0 Å². The van der Waals surface area contributed by atoms with Crippen LogP contribution in [0.3, 0.4) is 0 Å². The molecule has 1 aliphatic heterocycles. The van der Waals surface area contributed by atoms with Crippen LogP contribution < -0.4 is 15.4 Å². The van der Waals surface area contributed by atoms with Crippen molar-refractivity contribution in [2.24, 2.45) is 5.92 Å². The van der Waals surface area contributed by atoms with Gasteiger partial charge in [0.2, 0.25) is 10.0 Å². The number of aliphatic hydroxyl groups excluding tert-OH is 1. The quantitative estimate of drug-likeness (QED) is 0.251. The van der Waals surface area contributed by atoms with Crippen LogP contribution in [-0.4, -0.2) is 86.3 Å². The number of carbonyl (C=O) groups excluding carboxylic acids is 2. The third kappa shape index (κ3) is 10.4. The van der Waals surface area contributed by atoms with E-state index in [0.717, 1.165) is 6.42 Å². The Hall–Kier alpha value is -3.75. The summed E-state index contributed by atoms with van der Waals surface area (Å²) in [5, 5.41) is 16.0. The van der Waals surface area contributed by atoms with Crippen molar-refractivity contribution in [3.05, 3.63) is 83.1 Å². The molecule has 11 nitrogen and oxygen atoms in total. The van der Waals surface area contributed by atoms with Gasteiger partial charge in [0.1, 0.15) is 11.6 Å². The van der Waals surface area contributed by atoms with Crippen LogP contribution >= 0.6 is 11.6 Å². The molecule has 49 heavy (non-hydrogen) atoms. The summed E-state index contributed by atoms with van der Waals surface area (Å²) in [6, 6.07) is 14.8. The standard InChI is InChI=1S/C35H44ClFN4O7S/c1-23-20-41(24(2)22-42)34(43)31-19-29(39-35(44)38-28-12-10-27(37)11-13-28)14-17-32(31)48-25(3)7-5-6-18-47-33(23)21-40(4)49(45,46)30-15-8-26(36)9-16-30/h8-17,19,23-25,33,42H,5-7,18,20-22H2,1-4H3,(H2,38,39,44)/t23-,24-,25-,33+/m1/s1. The monoisotopic (exact) mass is 718 g/mol. The summed E-state index contributed by atoms with van der Waals surface area (Å²) < 4.78 is 53.9. The van der Waals surface area contributed by atoms with Gasteiger partial charge >= 0.3 is 6.03 Å². The number of rotatable bonds is 8. The number of urea groups is 1. The molecule has 0 bridgehead atoms. The average Bonchev–Trinajstić information content (AvgIpc) is 3.07. The second kappa shape index (κ2) is 17.3. The summed E-state index contributed by atoms with van der Waals surface area (Å²) in [5.41, 5.74) is 0.866. The number of hydrogen-bond donors (Lipinski definition) is 3. The maximum atomic E-state index is 14.3. The molecule has 3 N–H and O–H groups in total. The Bertz CT molecular complexity index is 1680. The number of likely N-dealkylation sites (N-methyl/N-ethyl adjacent to an activating group) is 1. The first-order valence-corrected chi connectivity index (χ1v) is 18.0. The number of carbonyl (C=O) groups is 2. The van der Waals surface area contributed by atoms with Crippen LogP contribution in [0.1, 0.15) is 50.4 Å². The van der Waals surface area contributed by atoms with Gasteiger partial charge in [-0.1, -0.05) is 18.5 Å². The molecule has 0 saturated carbocycles. The summed E-state index contributed by atoms with van der Waals surface area (Å²) >= 11 is 5.98. The van der Waals surface area contributed by atoms with E-state index in [0.29, 0.717) is 41.6 Å². The van der Waals surface area contributed by atoms with E-state index in [2.05, 4.69) is 10.6 Å². The van der Waals surface area contributed by atoms with Crippen LogP contribution in [0.25, 0.3) is 0 Å². The van der Waals surface area contributed by atoms with Crippen molar-refractivity contribution >= 4 is 44.9 Å². The number of halogens is 2. The molecule has 0 fully saturated rings. The highest BCUT2D eigenvalue weighted by Gasteiger charge is 2.32. The molecule has 1 heterocycles. The van der Waals surface area contributed by atoms with Crippen molar-refractivity contribution in [1.29, 1.82) is 0 Å². The second-order valence-corrected chi connectivity index (χ2v) is 14.8. The summed E-state index contributed by atoms with van der Waals surface area (Å²) in [7, 11) is -2.38. The number of amides is 3. The van der Waals surface area contributed by atoms with Gasteiger partial charge in [0.05, 0.1) is 35.3 Å². The fraction of sp³-hybridized carbons (Fsp3) is 0.429. The van der Waals surface area contributed by atoms with Gasteiger partial charge in [0.15, 0.2) is 0 Å². The van der Waals surface area contributed by atoms with Crippen LogP contribution in [-0.2, 0) is 14.8 Å². The van der Waals surface area contributed by atoms with Crippen molar-refractivity contribution in [2.45, 2.75) is 63.2 Å². The molecular formula is C35H44ClFN4O7S. The van der Waals surface area contributed by atoms with Crippen LogP contribution in [0, 0.1) is 11.7 Å². The Morgan fingerprint density at radius 1 is 1.06 bits per heavy atom. The molecule has 3 aromatic carbocycles. The SMILES string of the molecule is C[C@@H]1CCCCO[C@@H](CN(C)S(=O)(=O)c2ccc(Cl)cc2)[C@H](C)CN([C@H](C)CO)C(=O)c2cc(NC(=O)Nc3ccc(F)cc3)ccc2O1. The Kier molecular flexibility index (Phi) is 13.4. The molecular weight excluding hydrogens is 675 g/mol. The summed E-state index contributed by atoms with van der Waals surface area (Å²) in [4.78, 5) is 28.7. The van der Waals surface area contributed by atoms with Crippen molar-refractivity contribution in [3.63, 3.8) is 0 Å². The molecule has 0 radical (unpaired) electrons. The highest BCUT2D eigenvalue weighted by atomic mass is 35.5. The van der Waals surface area contributed by atoms with E-state index in [1.807, 2.05) is 13.8 Å². The zero-order chi connectivity index (χ0) is 35.7. The normalized spacial score (nSPS) is 20.1. The Balaban J connectivity index is 1.62. The zero-order valence-electron chi connectivity index (χ0n) is 28.1. The number of nitrogens with one attached hydrogen (secondary N) is 2. The van der Waals surface area contributed by atoms with Gasteiger partial charge in [-0.25, -0.2) is 17.6 Å². The molecule has 4 rings (SSSR count). The van der Waals surface area contributed by atoms with Gasteiger partial charge in [0.25, 0.3) is 5.91 Å². The Labute approximate surface area is 292 Å². The fourth-order valence-corrected chi connectivity index (χ4v) is 6.74. The minimum Gasteiger partial charge on any atom is -0.490 e. The fourth-order valence-electron chi connectivity index (χ4n) is 5.43. The summed E-state index contributed by atoms with van der Waals surface area (Å²) in [6.07, 6.45) is 1.29. The predicted molar refractivity (Wildman–Crippen MR) is 187 cm³/mol. The first-order chi connectivity index (χ1) is 23.3. The first kappa shape index (κ1) is 38.1. The Morgan fingerprint density at radius 2 is 1.71 bits per heavy atom. The molecule has 0 saturated heterocycles. The van der Waals surface area contributed by atoms with E-state index in [4.69, 9.17) is 21.1 Å². The van der Waals surface area contributed by atoms with Crippen LogP contribution in [0.2, 0.25) is 5.02 Å². The molecule has 3 aromatic rings. The molecule has 1 aliphatic rings. The van der Waals surface area contributed by atoms with Gasteiger partial charge in [0, 0.05) is 49.1 Å². The Morgan fingerprint density at radius 3 is 2.39 bits per heavy atom. The van der Waals surface area contributed by atoms with Gasteiger partial charge < -0.3 is 30.1 Å². The lowest BCUT2D eigenvalue weighted by molar-refractivity contribution is -0.00833. The van der Waals surface area contributed by atoms with E-state index in [1.165, 1.54) is 70.9 Å². The number of fused-ring (bicyclic) bond motifs is 1. The number of hydrogen-bond acceptors (Lipinski definition) is 7. The summed E-state index contributed by atoms with van der Waals surface area (Å²) in [6.45, 7) is 5.68. The smallest absolute Gasteiger partial charge is 0.323 e. The number of ether oxygens (including phenoxy) is 2. The van der Waals surface area contributed by atoms with E-state index in [-0.39, 0.29) is 42.2 Å². The lowest BCUT2D eigenvalue weighted by Gasteiger charge is -2.35. The molecule has 4 atom stereocenters. The second-order valence-electron chi connectivity index (χ2n) is 12.3. The van der Waals surface area contributed by atoms with Crippen molar-refractivity contribution in [2.75, 3.05) is 44.0 Å². The minimum atomic E-state index is -3.87. The first-order valence-electron chi connectivity index (χ1n) is 16.2. The number of anilines is 2. The predicted octanol–water partition coefficient (Wildman–Crippen LogP) is 6.24. The van der Waals surface area contributed by atoms with Crippen molar-refractivity contribution < 1.29 is 37.0 Å². The third-order valence-corrected chi connectivity index (χ3v) is 10.5. The average molecular weight is 719 g/mol. The lowest BCUT2D eigenvalue weighted by Crippen LogP contribution is -2.48. The van der Waals surface area contributed by atoms with Crippen LogP contribution in [0.15, 0.2) is 71.6 Å². The van der Waals surface area contributed by atoms with Crippen molar-refractivity contribution in [1.82, 2.24) is 9.21 Å². The van der Waals surface area contributed by atoms with Gasteiger partial charge in [-0.3, -0.25) is 4.79 Å².